The molecule has 4 saturated carbocycles. The Morgan fingerprint density at radius 2 is 1.26 bits per heavy atom. The van der Waals surface area contributed by atoms with E-state index in [-0.39, 0.29) is 41.4 Å². The Morgan fingerprint density at radius 3 is 1.74 bits per heavy atom. The van der Waals surface area contributed by atoms with Crippen molar-refractivity contribution in [2.45, 2.75) is 151 Å². The van der Waals surface area contributed by atoms with Gasteiger partial charge in [-0.25, -0.2) is 4.79 Å². The van der Waals surface area contributed by atoms with Crippen molar-refractivity contribution in [3.63, 3.8) is 0 Å². The normalized spacial score (nSPS) is 22.7. The molecule has 0 spiro atoms. The fourth-order valence-electron chi connectivity index (χ4n) is 9.92. The Kier molecular flexibility index (Phi) is 15.8. The number of benzene rings is 4. The largest absolute Gasteiger partial charge is 0.508 e. The molecule has 0 aromatic heterocycles. The number of esters is 3. The number of phenolic OH excluding ortho intramolecular Hbond substituents is 1. The molecule has 61 heavy (non-hydrogen) atoms. The maximum atomic E-state index is 13.0. The molecule has 8 rings (SSSR count). The van der Waals surface area contributed by atoms with E-state index in [1.165, 1.54) is 37.7 Å². The fourth-order valence-corrected chi connectivity index (χ4v) is 9.92. The molecular weight excluding hydrogens is 761 g/mol. The molecule has 0 amide bonds. The lowest BCUT2D eigenvalue weighted by molar-refractivity contribution is -0.231. The van der Waals surface area contributed by atoms with Gasteiger partial charge in [-0.1, -0.05) is 109 Å². The lowest BCUT2D eigenvalue weighted by atomic mass is 9.47. The van der Waals surface area contributed by atoms with Crippen molar-refractivity contribution in [1.29, 1.82) is 0 Å². The van der Waals surface area contributed by atoms with E-state index in [4.69, 9.17) is 19.3 Å². The summed E-state index contributed by atoms with van der Waals surface area (Å²) < 4.78 is 17.6. The molecule has 4 aromatic rings. The summed E-state index contributed by atoms with van der Waals surface area (Å²) >= 11 is 0. The van der Waals surface area contributed by atoms with Crippen LogP contribution in [0.3, 0.4) is 0 Å². The maximum Gasteiger partial charge on any atom is 0.339 e. The summed E-state index contributed by atoms with van der Waals surface area (Å²) in [5.74, 6) is 3.75. The van der Waals surface area contributed by atoms with Crippen molar-refractivity contribution in [2.24, 2.45) is 40.9 Å². The molecule has 4 aliphatic rings. The Labute approximate surface area is 366 Å². The van der Waals surface area contributed by atoms with Crippen LogP contribution in [0.4, 0.5) is 0 Å². The van der Waals surface area contributed by atoms with Crippen molar-refractivity contribution in [3.8, 4) is 5.75 Å². The molecule has 0 aliphatic heterocycles. The summed E-state index contributed by atoms with van der Waals surface area (Å²) in [7, 11) is 0. The van der Waals surface area contributed by atoms with Gasteiger partial charge in [-0.15, -0.1) is 0 Å². The Hall–Kier alpha value is -4.39. The third-order valence-electron chi connectivity index (χ3n) is 14.4. The summed E-state index contributed by atoms with van der Waals surface area (Å²) in [6.45, 7) is 22.7. The number of hydrogen-bond donors (Lipinski definition) is 1. The molecule has 332 valence electrons. The van der Waals surface area contributed by atoms with Crippen LogP contribution in [-0.2, 0) is 23.8 Å². The number of carbonyl (C=O) groups excluding carboxylic acids is 3. The highest BCUT2D eigenvalue weighted by Crippen LogP contribution is 2.62. The zero-order chi connectivity index (χ0) is 44.7. The summed E-state index contributed by atoms with van der Waals surface area (Å²) in [4.78, 5) is 37.9. The Morgan fingerprint density at radius 1 is 0.738 bits per heavy atom. The van der Waals surface area contributed by atoms with Gasteiger partial charge in [0, 0.05) is 6.42 Å². The van der Waals surface area contributed by atoms with Gasteiger partial charge in [-0.2, -0.15) is 0 Å². The van der Waals surface area contributed by atoms with Crippen LogP contribution >= 0.6 is 0 Å². The van der Waals surface area contributed by atoms with Crippen LogP contribution in [0.15, 0.2) is 78.9 Å². The van der Waals surface area contributed by atoms with Gasteiger partial charge in [0.05, 0.1) is 23.5 Å². The minimum atomic E-state index is -0.693. The van der Waals surface area contributed by atoms with E-state index in [1.54, 1.807) is 12.1 Å². The van der Waals surface area contributed by atoms with E-state index in [2.05, 4.69) is 40.7 Å². The van der Waals surface area contributed by atoms with E-state index in [1.807, 2.05) is 102 Å². The van der Waals surface area contributed by atoms with E-state index < -0.39 is 5.60 Å². The average Bonchev–Trinajstić information content (AvgIpc) is 3.23. The molecular formula is C54H74O7. The number of phenols is 1. The first-order chi connectivity index (χ1) is 28.8. The summed E-state index contributed by atoms with van der Waals surface area (Å²) in [5.41, 5.74) is 0.660. The zero-order valence-corrected chi connectivity index (χ0v) is 39.0. The highest BCUT2D eigenvalue weighted by atomic mass is 16.6. The second kappa shape index (κ2) is 20.2. The van der Waals surface area contributed by atoms with E-state index >= 15 is 0 Å². The van der Waals surface area contributed by atoms with Crippen LogP contribution in [0.25, 0.3) is 21.5 Å². The van der Waals surface area contributed by atoms with Gasteiger partial charge in [0.15, 0.2) is 0 Å². The van der Waals surface area contributed by atoms with Crippen molar-refractivity contribution < 1.29 is 33.7 Å². The van der Waals surface area contributed by atoms with Crippen molar-refractivity contribution in [3.05, 3.63) is 90.0 Å². The van der Waals surface area contributed by atoms with Gasteiger partial charge >= 0.3 is 17.9 Å². The van der Waals surface area contributed by atoms with Crippen LogP contribution in [-0.4, -0.2) is 40.8 Å². The van der Waals surface area contributed by atoms with Crippen molar-refractivity contribution >= 4 is 39.5 Å². The van der Waals surface area contributed by atoms with Gasteiger partial charge in [0.1, 0.15) is 17.0 Å². The molecule has 7 nitrogen and oxygen atoms in total. The Balaban J connectivity index is 0.000000191. The highest BCUT2D eigenvalue weighted by molar-refractivity contribution is 6.16. The van der Waals surface area contributed by atoms with E-state index in [0.29, 0.717) is 41.4 Å². The predicted molar refractivity (Wildman–Crippen MR) is 248 cm³/mol. The maximum absolute atomic E-state index is 13.0. The van der Waals surface area contributed by atoms with Gasteiger partial charge in [-0.05, 0) is 160 Å². The second-order valence-electron chi connectivity index (χ2n) is 19.9. The zero-order valence-electron chi connectivity index (χ0n) is 39.0. The molecule has 4 bridgehead atoms. The lowest BCUT2D eigenvalue weighted by Gasteiger charge is -2.62. The number of ether oxygens (including phenoxy) is 3. The van der Waals surface area contributed by atoms with Gasteiger partial charge in [0.25, 0.3) is 0 Å². The lowest BCUT2D eigenvalue weighted by Crippen LogP contribution is -2.63. The topological polar surface area (TPSA) is 99.1 Å². The molecule has 0 heterocycles. The highest BCUT2D eigenvalue weighted by Gasteiger charge is 2.61. The molecule has 4 aromatic carbocycles. The third-order valence-corrected chi connectivity index (χ3v) is 14.4. The Bertz CT molecular complexity index is 2010. The van der Waals surface area contributed by atoms with Crippen LogP contribution in [0, 0.1) is 40.9 Å². The smallest absolute Gasteiger partial charge is 0.339 e. The number of fused-ring (bicyclic) bond motifs is 2. The molecule has 4 aliphatic carbocycles. The monoisotopic (exact) mass is 835 g/mol. The van der Waals surface area contributed by atoms with Crippen LogP contribution < -0.4 is 0 Å². The first kappa shape index (κ1) is 47.7. The quantitative estimate of drug-likeness (QED) is 0.0813. The molecule has 4 fully saturated rings. The molecule has 1 N–H and O–H groups in total. The summed E-state index contributed by atoms with van der Waals surface area (Å²) in [6.07, 6.45) is 9.79. The van der Waals surface area contributed by atoms with Gasteiger partial charge in [0.2, 0.25) is 0 Å². The second-order valence-corrected chi connectivity index (χ2v) is 19.9. The number of aromatic hydroxyl groups is 1. The van der Waals surface area contributed by atoms with Crippen molar-refractivity contribution in [1.82, 2.24) is 0 Å². The fraction of sp³-hybridized carbons (Fsp3) is 0.574. The molecule has 2 unspecified atom stereocenters. The molecule has 0 radical (unpaired) electrons. The minimum Gasteiger partial charge on any atom is -0.508 e. The first-order valence-corrected chi connectivity index (χ1v) is 23.2. The van der Waals surface area contributed by atoms with Crippen molar-refractivity contribution in [2.75, 3.05) is 6.61 Å². The molecule has 7 heteroatoms. The predicted octanol–water partition coefficient (Wildman–Crippen LogP) is 13.6. The van der Waals surface area contributed by atoms with Crippen LogP contribution in [0.2, 0.25) is 0 Å². The third kappa shape index (κ3) is 11.2. The standard InChI is InChI=1S/C25H28O4.C19H32O2.C10H14O/c1-5-17(2)23(26)29-25(3,4)14-15-28-24(27)22-20-12-8-6-10-18(20)16-19-11-7-9-13-21(19)22;1-6-18(4,5)17(20)21-19(12(2)3)15-8-13-7-14(10-15)11-16(19)9-13;1-3-8(2)9-4-6-10(11)7-5-9/h6-13,16-17H,5,14-15H2,1-4H3;12-16H,6-11H2,1-5H3;4-8,11H,3H2,1-2H3. The number of carbonyl (C=O) groups is 3. The molecule has 0 saturated heterocycles. The molecule has 2 atom stereocenters. The summed E-state index contributed by atoms with van der Waals surface area (Å²) in [5, 5.41) is 12.8. The van der Waals surface area contributed by atoms with Gasteiger partial charge in [-0.3, -0.25) is 9.59 Å². The number of hydrogen-bond acceptors (Lipinski definition) is 7. The van der Waals surface area contributed by atoms with Crippen LogP contribution in [0.5, 0.6) is 5.75 Å². The summed E-state index contributed by atoms with van der Waals surface area (Å²) in [6, 6.07) is 25.1. The van der Waals surface area contributed by atoms with E-state index in [9.17, 15) is 14.4 Å². The minimum absolute atomic E-state index is 0.0335. The number of rotatable bonds is 13. The SMILES string of the molecule is CCC(C)(C)C(=O)OC1(C(C)C)C2CC3CC(C2)CC1C3.CCC(C)C(=O)OC(C)(C)CCOC(=O)c1c2ccccc2cc2ccccc12.CCC(C)c1ccc(O)cc1. The van der Waals surface area contributed by atoms with Crippen LogP contribution in [0.1, 0.15) is 156 Å². The first-order valence-electron chi connectivity index (χ1n) is 23.2. The van der Waals surface area contributed by atoms with E-state index in [0.717, 1.165) is 52.6 Å². The van der Waals surface area contributed by atoms with Gasteiger partial charge < -0.3 is 19.3 Å². The average molecular weight is 835 g/mol.